The SMILES string of the molecule is N=C(N)c1cc(Cl)ccc1Oc1cnc2ccccc2c1. The van der Waals surface area contributed by atoms with E-state index in [1.54, 1.807) is 24.4 Å². The second-order valence-electron chi connectivity index (χ2n) is 4.52. The van der Waals surface area contributed by atoms with Crippen molar-refractivity contribution in [1.29, 1.82) is 5.41 Å². The highest BCUT2D eigenvalue weighted by Gasteiger charge is 2.09. The minimum atomic E-state index is -0.0961. The molecule has 0 aliphatic rings. The molecule has 0 atom stereocenters. The molecule has 0 saturated carbocycles. The van der Waals surface area contributed by atoms with E-state index in [0.717, 1.165) is 10.9 Å². The van der Waals surface area contributed by atoms with E-state index < -0.39 is 0 Å². The number of nitrogens with two attached hydrogens (primary N) is 1. The van der Waals surface area contributed by atoms with Crippen LogP contribution in [0, 0.1) is 5.41 Å². The first-order chi connectivity index (χ1) is 10.1. The number of ether oxygens (including phenoxy) is 1. The Morgan fingerprint density at radius 3 is 2.76 bits per heavy atom. The molecular formula is C16H12ClN3O. The number of fused-ring (bicyclic) bond motifs is 1. The second-order valence-corrected chi connectivity index (χ2v) is 4.96. The van der Waals surface area contributed by atoms with Crippen LogP contribution in [-0.2, 0) is 0 Å². The molecule has 0 aliphatic heterocycles. The Morgan fingerprint density at radius 2 is 1.95 bits per heavy atom. The Bertz CT molecular complexity index is 833. The molecule has 0 spiro atoms. The molecule has 0 saturated heterocycles. The normalized spacial score (nSPS) is 10.5. The molecule has 0 aliphatic carbocycles. The van der Waals surface area contributed by atoms with Crippen molar-refractivity contribution >= 4 is 28.3 Å². The number of para-hydroxylation sites is 1. The van der Waals surface area contributed by atoms with Crippen LogP contribution in [-0.4, -0.2) is 10.8 Å². The lowest BCUT2D eigenvalue weighted by Crippen LogP contribution is -2.12. The van der Waals surface area contributed by atoms with Crippen LogP contribution < -0.4 is 10.5 Å². The molecule has 5 heteroatoms. The Kier molecular flexibility index (Phi) is 3.46. The van der Waals surface area contributed by atoms with Crippen LogP contribution in [0.5, 0.6) is 11.5 Å². The van der Waals surface area contributed by atoms with Gasteiger partial charge in [0.25, 0.3) is 0 Å². The van der Waals surface area contributed by atoms with Crippen LogP contribution in [0.2, 0.25) is 5.02 Å². The molecule has 3 N–H and O–H groups in total. The van der Waals surface area contributed by atoms with Gasteiger partial charge >= 0.3 is 0 Å². The van der Waals surface area contributed by atoms with Crippen molar-refractivity contribution in [2.24, 2.45) is 5.73 Å². The van der Waals surface area contributed by atoms with Gasteiger partial charge in [-0.15, -0.1) is 0 Å². The van der Waals surface area contributed by atoms with Crippen molar-refractivity contribution in [3.05, 3.63) is 65.3 Å². The van der Waals surface area contributed by atoms with Crippen LogP contribution in [0.1, 0.15) is 5.56 Å². The molecule has 104 valence electrons. The first-order valence-corrected chi connectivity index (χ1v) is 6.68. The van der Waals surface area contributed by atoms with E-state index in [2.05, 4.69) is 4.98 Å². The number of hydrogen-bond acceptors (Lipinski definition) is 3. The van der Waals surface area contributed by atoms with E-state index in [4.69, 9.17) is 27.5 Å². The third-order valence-corrected chi connectivity index (χ3v) is 3.26. The monoisotopic (exact) mass is 297 g/mol. The number of amidine groups is 1. The summed E-state index contributed by atoms with van der Waals surface area (Å²) >= 11 is 5.92. The van der Waals surface area contributed by atoms with Crippen LogP contribution >= 0.6 is 11.6 Å². The number of nitrogens with one attached hydrogen (secondary N) is 1. The average Bonchev–Trinajstić information content (AvgIpc) is 2.49. The highest BCUT2D eigenvalue weighted by atomic mass is 35.5. The Balaban J connectivity index is 2.00. The molecule has 0 amide bonds. The maximum Gasteiger partial charge on any atom is 0.146 e. The maximum absolute atomic E-state index is 7.59. The fourth-order valence-electron chi connectivity index (χ4n) is 2.04. The summed E-state index contributed by atoms with van der Waals surface area (Å²) in [6.45, 7) is 0. The second kappa shape index (κ2) is 5.42. The number of nitrogens with zero attached hydrogens (tertiary/aromatic N) is 1. The zero-order valence-electron chi connectivity index (χ0n) is 11.0. The Morgan fingerprint density at radius 1 is 1.14 bits per heavy atom. The van der Waals surface area contributed by atoms with Crippen molar-refractivity contribution in [3.8, 4) is 11.5 Å². The number of pyridine rings is 1. The van der Waals surface area contributed by atoms with Gasteiger partial charge in [-0.1, -0.05) is 29.8 Å². The summed E-state index contributed by atoms with van der Waals surface area (Å²) in [7, 11) is 0. The van der Waals surface area contributed by atoms with Crippen molar-refractivity contribution in [2.75, 3.05) is 0 Å². The molecule has 0 unspecified atom stereocenters. The van der Waals surface area contributed by atoms with Crippen LogP contribution in [0.25, 0.3) is 10.9 Å². The zero-order chi connectivity index (χ0) is 14.8. The van der Waals surface area contributed by atoms with Crippen molar-refractivity contribution in [2.45, 2.75) is 0 Å². The van der Waals surface area contributed by atoms with Crippen molar-refractivity contribution in [3.63, 3.8) is 0 Å². The first-order valence-electron chi connectivity index (χ1n) is 6.30. The minimum absolute atomic E-state index is 0.0961. The largest absolute Gasteiger partial charge is 0.455 e. The van der Waals surface area contributed by atoms with Gasteiger partial charge < -0.3 is 10.5 Å². The molecule has 2 aromatic carbocycles. The molecule has 0 bridgehead atoms. The molecule has 0 radical (unpaired) electrons. The van der Waals surface area contributed by atoms with Crippen LogP contribution in [0.4, 0.5) is 0 Å². The summed E-state index contributed by atoms with van der Waals surface area (Å²) in [6, 6.07) is 14.6. The molecule has 4 nitrogen and oxygen atoms in total. The van der Waals surface area contributed by atoms with E-state index in [9.17, 15) is 0 Å². The topological polar surface area (TPSA) is 72.0 Å². The lowest BCUT2D eigenvalue weighted by atomic mass is 10.2. The summed E-state index contributed by atoms with van der Waals surface area (Å²) in [5.41, 5.74) is 6.91. The van der Waals surface area contributed by atoms with E-state index in [1.165, 1.54) is 0 Å². The van der Waals surface area contributed by atoms with Gasteiger partial charge in [0.15, 0.2) is 0 Å². The van der Waals surface area contributed by atoms with Gasteiger partial charge in [-0.25, -0.2) is 0 Å². The van der Waals surface area contributed by atoms with Gasteiger partial charge in [-0.2, -0.15) is 0 Å². The number of aromatic nitrogens is 1. The fraction of sp³-hybridized carbons (Fsp3) is 0. The minimum Gasteiger partial charge on any atom is -0.455 e. The molecule has 1 heterocycles. The van der Waals surface area contributed by atoms with Crippen LogP contribution in [0.3, 0.4) is 0 Å². The highest BCUT2D eigenvalue weighted by Crippen LogP contribution is 2.28. The molecule has 3 rings (SSSR count). The first kappa shape index (κ1) is 13.4. The Labute approximate surface area is 126 Å². The van der Waals surface area contributed by atoms with Crippen LogP contribution in [0.15, 0.2) is 54.7 Å². The quantitative estimate of drug-likeness (QED) is 0.567. The van der Waals surface area contributed by atoms with Gasteiger partial charge in [-0.3, -0.25) is 10.4 Å². The third kappa shape index (κ3) is 2.80. The smallest absolute Gasteiger partial charge is 0.146 e. The van der Waals surface area contributed by atoms with Gasteiger partial charge in [-0.05, 0) is 30.3 Å². The number of halogens is 1. The summed E-state index contributed by atoms with van der Waals surface area (Å²) in [6.07, 6.45) is 1.64. The summed E-state index contributed by atoms with van der Waals surface area (Å²) in [5, 5.41) is 9.08. The highest BCUT2D eigenvalue weighted by molar-refractivity contribution is 6.31. The third-order valence-electron chi connectivity index (χ3n) is 3.02. The van der Waals surface area contributed by atoms with E-state index in [-0.39, 0.29) is 5.84 Å². The van der Waals surface area contributed by atoms with Crippen molar-refractivity contribution in [1.82, 2.24) is 4.98 Å². The standard InChI is InChI=1S/C16H12ClN3O/c17-11-5-6-15(13(8-11)16(18)19)21-12-7-10-3-1-2-4-14(10)20-9-12/h1-9H,(H3,18,19). The van der Waals surface area contributed by atoms with Gasteiger partial charge in [0.05, 0.1) is 17.3 Å². The predicted molar refractivity (Wildman–Crippen MR) is 84.3 cm³/mol. The molecule has 21 heavy (non-hydrogen) atoms. The lowest BCUT2D eigenvalue weighted by Gasteiger charge is -2.11. The van der Waals surface area contributed by atoms with E-state index >= 15 is 0 Å². The fourth-order valence-corrected chi connectivity index (χ4v) is 2.21. The molecule has 3 aromatic rings. The maximum atomic E-state index is 7.59. The van der Waals surface area contributed by atoms with E-state index in [1.807, 2.05) is 30.3 Å². The number of nitrogen functional groups attached to an aromatic ring is 1. The number of hydrogen-bond donors (Lipinski definition) is 2. The Hall–Kier alpha value is -2.59. The summed E-state index contributed by atoms with van der Waals surface area (Å²) in [4.78, 5) is 4.33. The summed E-state index contributed by atoms with van der Waals surface area (Å²) in [5.74, 6) is 0.962. The van der Waals surface area contributed by atoms with Gasteiger partial charge in [0.1, 0.15) is 17.3 Å². The zero-order valence-corrected chi connectivity index (χ0v) is 11.8. The number of benzene rings is 2. The average molecular weight is 298 g/mol. The molecule has 0 fully saturated rings. The predicted octanol–water partition coefficient (Wildman–Crippen LogP) is 3.96. The van der Waals surface area contributed by atoms with Crippen molar-refractivity contribution < 1.29 is 4.74 Å². The molecule has 1 aromatic heterocycles. The number of rotatable bonds is 3. The summed E-state index contributed by atoms with van der Waals surface area (Å²) < 4.78 is 5.79. The lowest BCUT2D eigenvalue weighted by molar-refractivity contribution is 0.480. The van der Waals surface area contributed by atoms with E-state index in [0.29, 0.717) is 22.1 Å². The van der Waals surface area contributed by atoms with Gasteiger partial charge in [0, 0.05) is 10.4 Å². The molecular weight excluding hydrogens is 286 g/mol. The van der Waals surface area contributed by atoms with Gasteiger partial charge in [0.2, 0.25) is 0 Å².